The van der Waals surface area contributed by atoms with Gasteiger partial charge in [0, 0.05) is 52.4 Å². The maximum atomic E-state index is 13.5. The normalized spacial score (nSPS) is 26.6. The van der Waals surface area contributed by atoms with Crippen molar-refractivity contribution in [2.45, 2.75) is 94.2 Å². The summed E-state index contributed by atoms with van der Waals surface area (Å²) in [4.78, 5) is 36.4. The van der Waals surface area contributed by atoms with Crippen LogP contribution in [0.25, 0.3) is 0 Å². The van der Waals surface area contributed by atoms with Gasteiger partial charge in [-0.05, 0) is 102 Å². The third kappa shape index (κ3) is 12.4. The number of carbonyl (C=O) groups is 2. The van der Waals surface area contributed by atoms with E-state index in [-0.39, 0.29) is 22.9 Å². The molecule has 6 heteroatoms. The van der Waals surface area contributed by atoms with Gasteiger partial charge in [-0.25, -0.2) is 0 Å². The van der Waals surface area contributed by atoms with Gasteiger partial charge in [-0.2, -0.15) is 0 Å². The molecule has 0 bridgehead atoms. The highest BCUT2D eigenvalue weighted by Crippen LogP contribution is 2.42. The van der Waals surface area contributed by atoms with Crippen LogP contribution in [0.5, 0.6) is 0 Å². The fourth-order valence-corrected chi connectivity index (χ4v) is 8.48. The lowest BCUT2D eigenvalue weighted by molar-refractivity contribution is -0.124. The van der Waals surface area contributed by atoms with Gasteiger partial charge >= 0.3 is 0 Å². The molecule has 0 spiro atoms. The van der Waals surface area contributed by atoms with Crippen molar-refractivity contribution in [2.75, 3.05) is 66.5 Å². The molecule has 0 radical (unpaired) electrons. The summed E-state index contributed by atoms with van der Waals surface area (Å²) in [5.74, 6) is 0.588. The van der Waals surface area contributed by atoms with E-state index in [9.17, 15) is 9.59 Å². The number of rotatable bonds is 12. The number of hydrogen-bond donors (Lipinski definition) is 0. The van der Waals surface area contributed by atoms with Gasteiger partial charge in [-0.15, -0.1) is 0 Å². The predicted molar refractivity (Wildman–Crippen MR) is 239 cm³/mol. The van der Waals surface area contributed by atoms with E-state index in [4.69, 9.17) is 0 Å². The van der Waals surface area contributed by atoms with Crippen LogP contribution in [0, 0.1) is 10.8 Å². The Labute approximate surface area is 340 Å². The third-order valence-electron chi connectivity index (χ3n) is 12.3. The third-order valence-corrected chi connectivity index (χ3v) is 12.3. The second-order valence-corrected chi connectivity index (χ2v) is 18.1. The van der Waals surface area contributed by atoms with E-state index in [1.165, 1.54) is 0 Å². The summed E-state index contributed by atoms with van der Waals surface area (Å²) in [6, 6.07) is -0.0127. The predicted octanol–water partition coefficient (Wildman–Crippen LogP) is 9.42. The molecule has 2 atom stereocenters. The maximum Gasteiger partial charge on any atom is 0.175 e. The molecule has 4 aliphatic rings. The number of hydrogen-bond acceptors (Lipinski definition) is 6. The van der Waals surface area contributed by atoms with E-state index in [1.807, 2.05) is 13.8 Å². The molecule has 6 nitrogen and oxygen atoms in total. The van der Waals surface area contributed by atoms with Gasteiger partial charge in [0.25, 0.3) is 0 Å². The van der Waals surface area contributed by atoms with Crippen LogP contribution in [-0.4, -0.2) is 110 Å². The van der Waals surface area contributed by atoms with Crippen LogP contribution in [0.15, 0.2) is 130 Å². The van der Waals surface area contributed by atoms with Crippen LogP contribution in [0.4, 0.5) is 0 Å². The molecule has 0 aromatic carbocycles. The fourth-order valence-electron chi connectivity index (χ4n) is 8.48. The van der Waals surface area contributed by atoms with Crippen molar-refractivity contribution < 1.29 is 9.59 Å². The molecule has 56 heavy (non-hydrogen) atoms. The molecule has 2 aliphatic heterocycles. The van der Waals surface area contributed by atoms with Crippen molar-refractivity contribution in [3.05, 3.63) is 130 Å². The quantitative estimate of drug-likeness (QED) is 0.185. The number of allylic oxidation sites excluding steroid dienone is 20. The molecule has 2 fully saturated rings. The van der Waals surface area contributed by atoms with Crippen LogP contribution in [0.2, 0.25) is 0 Å². The lowest BCUT2D eigenvalue weighted by Gasteiger charge is -2.44. The lowest BCUT2D eigenvalue weighted by Crippen LogP contribution is -2.54. The Morgan fingerprint density at radius 3 is 1.14 bits per heavy atom. The van der Waals surface area contributed by atoms with Crippen molar-refractivity contribution in [3.63, 3.8) is 0 Å². The molecule has 4 rings (SSSR count). The van der Waals surface area contributed by atoms with E-state index in [1.54, 1.807) is 0 Å². The zero-order chi connectivity index (χ0) is 41.2. The SMILES string of the molecule is CC1=C(/C=C/C(C)=C/C=C/C(C)=C/C=C/C=C(C)/C=C/C=C(C)/C=C/C2=C(C)C(=O)C(N3CCN(C)CC3)CC2(C)C)C(C)(C)CC(N2CCN(C)CC2)C1=O. The molecular formula is C50H72N4O2. The number of ketones is 2. The number of piperazine rings is 2. The Morgan fingerprint density at radius 2 is 0.804 bits per heavy atom. The number of likely N-dealkylation sites (N-methyl/N-ethyl adjacent to an activating group) is 2. The van der Waals surface area contributed by atoms with Gasteiger partial charge in [0.05, 0.1) is 12.1 Å². The first-order valence-corrected chi connectivity index (χ1v) is 20.8. The monoisotopic (exact) mass is 761 g/mol. The average Bonchev–Trinajstić information content (AvgIpc) is 3.13. The van der Waals surface area contributed by atoms with Crippen molar-refractivity contribution in [1.82, 2.24) is 19.6 Å². The highest BCUT2D eigenvalue weighted by atomic mass is 16.1. The first-order valence-electron chi connectivity index (χ1n) is 20.8. The first-order chi connectivity index (χ1) is 26.4. The molecule has 2 heterocycles. The van der Waals surface area contributed by atoms with Crippen molar-refractivity contribution in [1.29, 1.82) is 0 Å². The van der Waals surface area contributed by atoms with E-state index in [0.717, 1.165) is 110 Å². The van der Waals surface area contributed by atoms with Crippen LogP contribution in [0.1, 0.15) is 82.1 Å². The summed E-state index contributed by atoms with van der Waals surface area (Å²) < 4.78 is 0. The zero-order valence-corrected chi connectivity index (χ0v) is 36.9. The number of Topliss-reactive ketones (excluding diaryl/α,β-unsaturated/α-hetero) is 2. The Hall–Kier alpha value is -3.68. The standard InChI is InChI=1S/C50H72N4O2/c1-37(19-15-21-39(3)23-25-43-41(5)47(55)45(35-49(43,7)8)53-31-27-51(11)28-32-53)17-13-14-18-38(2)20-16-22-40(4)24-26-44-42(6)48(56)46(36-50(44,9)10)54-33-29-52(12)30-34-54/h13-26,45-46H,27-36H2,1-12H3/b14-13+,19-15+,20-16+,25-23+,26-24+,37-17+,38-18+,39-21+,40-22+. The van der Waals surface area contributed by atoms with E-state index >= 15 is 0 Å². The van der Waals surface area contributed by atoms with E-state index in [0.29, 0.717) is 11.6 Å². The summed E-state index contributed by atoms with van der Waals surface area (Å²) in [6.45, 7) is 29.5. The highest BCUT2D eigenvalue weighted by Gasteiger charge is 2.42. The molecule has 2 saturated heterocycles. The van der Waals surface area contributed by atoms with Crippen molar-refractivity contribution in [2.24, 2.45) is 10.8 Å². The van der Waals surface area contributed by atoms with Crippen LogP contribution < -0.4 is 0 Å². The van der Waals surface area contributed by atoms with Crippen LogP contribution in [-0.2, 0) is 9.59 Å². The Kier molecular flexibility index (Phi) is 16.2. The molecule has 2 unspecified atom stereocenters. The second-order valence-electron chi connectivity index (χ2n) is 18.1. The molecule has 0 saturated carbocycles. The first kappa shape index (κ1) is 45.0. The van der Waals surface area contributed by atoms with Gasteiger partial charge in [0.2, 0.25) is 0 Å². The summed E-state index contributed by atoms with van der Waals surface area (Å²) >= 11 is 0. The van der Waals surface area contributed by atoms with Crippen LogP contribution >= 0.6 is 0 Å². The van der Waals surface area contributed by atoms with Crippen LogP contribution in [0.3, 0.4) is 0 Å². The Bertz CT molecular complexity index is 1650. The summed E-state index contributed by atoms with van der Waals surface area (Å²) in [5.41, 5.74) is 8.66. The van der Waals surface area contributed by atoms with Crippen molar-refractivity contribution in [3.8, 4) is 0 Å². The molecule has 0 aromatic heterocycles. The molecule has 0 amide bonds. The Morgan fingerprint density at radius 1 is 0.500 bits per heavy atom. The van der Waals surface area contributed by atoms with Crippen molar-refractivity contribution >= 4 is 11.6 Å². The van der Waals surface area contributed by atoms with Gasteiger partial charge in [0.15, 0.2) is 11.6 Å². The van der Waals surface area contributed by atoms with Gasteiger partial charge in [-0.3, -0.25) is 19.4 Å². The maximum absolute atomic E-state index is 13.5. The second kappa shape index (κ2) is 20.1. The minimum Gasteiger partial charge on any atom is -0.304 e. The van der Waals surface area contributed by atoms with E-state index < -0.39 is 0 Å². The molecule has 0 N–H and O–H groups in total. The molecular weight excluding hydrogens is 689 g/mol. The number of carbonyl (C=O) groups excluding carboxylic acids is 2. The van der Waals surface area contributed by atoms with Gasteiger partial charge in [0.1, 0.15) is 0 Å². The summed E-state index contributed by atoms with van der Waals surface area (Å²) in [5, 5.41) is 0. The highest BCUT2D eigenvalue weighted by molar-refractivity contribution is 6.02. The minimum atomic E-state index is -0.0530. The largest absolute Gasteiger partial charge is 0.304 e. The smallest absolute Gasteiger partial charge is 0.175 e. The van der Waals surface area contributed by atoms with Gasteiger partial charge < -0.3 is 9.80 Å². The van der Waals surface area contributed by atoms with E-state index in [2.05, 4.69) is 174 Å². The fraction of sp³-hybridized carbons (Fsp3) is 0.520. The average molecular weight is 761 g/mol. The molecule has 2 aliphatic carbocycles. The lowest BCUT2D eigenvalue weighted by atomic mass is 9.69. The number of nitrogens with zero attached hydrogens (tertiary/aromatic N) is 4. The van der Waals surface area contributed by atoms with Gasteiger partial charge in [-0.1, -0.05) is 135 Å². The Balaban J connectivity index is 1.28. The summed E-state index contributed by atoms with van der Waals surface area (Å²) in [7, 11) is 4.31. The minimum absolute atomic E-state index is 0.00634. The topological polar surface area (TPSA) is 47.1 Å². The summed E-state index contributed by atoms with van der Waals surface area (Å²) in [6.07, 6.45) is 31.4. The molecule has 0 aromatic rings. The zero-order valence-electron chi connectivity index (χ0n) is 36.9. The molecule has 304 valence electrons.